The topological polar surface area (TPSA) is 99.8 Å². The largest absolute Gasteiger partial charge is 0.383 e. The molecule has 0 aliphatic rings. The van der Waals surface area contributed by atoms with Crippen LogP contribution in [0.25, 0.3) is 0 Å². The highest BCUT2D eigenvalue weighted by atomic mass is 16.1. The Labute approximate surface area is 91.9 Å². The van der Waals surface area contributed by atoms with Crippen LogP contribution in [-0.2, 0) is 7.05 Å². The average molecular weight is 217 g/mol. The molecular weight excluding hydrogens is 206 g/mol. The van der Waals surface area contributed by atoms with Crippen molar-refractivity contribution in [2.75, 3.05) is 11.5 Å². The lowest BCUT2D eigenvalue weighted by molar-refractivity contribution is 0.104. The molecule has 4 N–H and O–H groups in total. The Balaban J connectivity index is 2.48. The Hall–Kier alpha value is -2.37. The second-order valence-electron chi connectivity index (χ2n) is 3.33. The van der Waals surface area contributed by atoms with Gasteiger partial charge in [-0.15, -0.1) is 0 Å². The summed E-state index contributed by atoms with van der Waals surface area (Å²) in [4.78, 5) is 15.9. The van der Waals surface area contributed by atoms with Gasteiger partial charge >= 0.3 is 0 Å². The summed E-state index contributed by atoms with van der Waals surface area (Å²) >= 11 is 0. The number of hydrogen-bond donors (Lipinski definition) is 2. The van der Waals surface area contributed by atoms with E-state index in [9.17, 15) is 4.79 Å². The molecule has 0 aromatic carbocycles. The highest BCUT2D eigenvalue weighted by Gasteiger charge is 2.17. The van der Waals surface area contributed by atoms with E-state index in [1.54, 1.807) is 19.2 Å². The van der Waals surface area contributed by atoms with Crippen LogP contribution in [0, 0.1) is 0 Å². The Kier molecular flexibility index (Phi) is 2.32. The lowest BCUT2D eigenvalue weighted by atomic mass is 10.1. The van der Waals surface area contributed by atoms with E-state index < -0.39 is 0 Å². The van der Waals surface area contributed by atoms with Crippen LogP contribution in [0.15, 0.2) is 24.5 Å². The van der Waals surface area contributed by atoms with Crippen molar-refractivity contribution in [2.45, 2.75) is 0 Å². The first-order valence-corrected chi connectivity index (χ1v) is 4.64. The van der Waals surface area contributed by atoms with Crippen LogP contribution in [0.5, 0.6) is 0 Å². The summed E-state index contributed by atoms with van der Waals surface area (Å²) in [7, 11) is 1.67. The number of ketones is 1. The number of hydrogen-bond acceptors (Lipinski definition) is 5. The molecule has 2 heterocycles. The molecule has 0 amide bonds. The summed E-state index contributed by atoms with van der Waals surface area (Å²) in [5, 5.41) is 3.90. The number of aryl methyl sites for hydroxylation is 1. The van der Waals surface area contributed by atoms with E-state index >= 15 is 0 Å². The van der Waals surface area contributed by atoms with Gasteiger partial charge in [0.05, 0.1) is 17.3 Å². The molecule has 0 spiro atoms. The second kappa shape index (κ2) is 3.65. The molecule has 82 valence electrons. The van der Waals surface area contributed by atoms with E-state index in [-0.39, 0.29) is 11.6 Å². The summed E-state index contributed by atoms with van der Waals surface area (Å²) in [5.41, 5.74) is 12.0. The van der Waals surface area contributed by atoms with Crippen molar-refractivity contribution in [1.29, 1.82) is 0 Å². The third-order valence-electron chi connectivity index (χ3n) is 2.31. The first-order chi connectivity index (χ1) is 7.61. The van der Waals surface area contributed by atoms with Gasteiger partial charge < -0.3 is 11.5 Å². The van der Waals surface area contributed by atoms with Gasteiger partial charge in [0.1, 0.15) is 11.6 Å². The highest BCUT2D eigenvalue weighted by molar-refractivity contribution is 6.13. The number of nitrogens with zero attached hydrogens (tertiary/aromatic N) is 3. The fourth-order valence-electron chi connectivity index (χ4n) is 1.38. The molecule has 2 aromatic heterocycles. The van der Waals surface area contributed by atoms with Gasteiger partial charge in [-0.25, -0.2) is 4.98 Å². The lowest BCUT2D eigenvalue weighted by Gasteiger charge is -2.02. The molecule has 6 heteroatoms. The summed E-state index contributed by atoms with van der Waals surface area (Å²) in [6.07, 6.45) is 2.95. The number of carbonyl (C=O) groups is 1. The summed E-state index contributed by atoms with van der Waals surface area (Å²) in [6, 6.07) is 3.26. The van der Waals surface area contributed by atoms with E-state index in [0.717, 1.165) is 0 Å². The van der Waals surface area contributed by atoms with Crippen LogP contribution in [-0.4, -0.2) is 20.5 Å². The van der Waals surface area contributed by atoms with Crippen LogP contribution < -0.4 is 11.5 Å². The summed E-state index contributed by atoms with van der Waals surface area (Å²) < 4.78 is 1.43. The molecule has 2 rings (SSSR count). The molecule has 0 saturated heterocycles. The minimum Gasteiger partial charge on any atom is -0.383 e. The van der Waals surface area contributed by atoms with E-state index in [2.05, 4.69) is 10.1 Å². The van der Waals surface area contributed by atoms with Crippen molar-refractivity contribution in [3.05, 3.63) is 35.7 Å². The van der Waals surface area contributed by atoms with Crippen molar-refractivity contribution in [3.63, 3.8) is 0 Å². The van der Waals surface area contributed by atoms with E-state index in [1.165, 1.54) is 17.1 Å². The molecule has 0 unspecified atom stereocenters. The second-order valence-corrected chi connectivity index (χ2v) is 3.33. The first-order valence-electron chi connectivity index (χ1n) is 4.64. The molecule has 0 saturated carbocycles. The molecule has 2 aromatic rings. The molecule has 0 atom stereocenters. The number of anilines is 2. The summed E-state index contributed by atoms with van der Waals surface area (Å²) in [5.74, 6) is 0.236. The van der Waals surface area contributed by atoms with Gasteiger partial charge in [0.25, 0.3) is 0 Å². The molecule has 0 aliphatic heterocycles. The van der Waals surface area contributed by atoms with E-state index in [0.29, 0.717) is 16.9 Å². The van der Waals surface area contributed by atoms with Gasteiger partial charge in [0.2, 0.25) is 5.78 Å². The molecule has 16 heavy (non-hydrogen) atoms. The Bertz CT molecular complexity index is 546. The van der Waals surface area contributed by atoms with Crippen molar-refractivity contribution >= 4 is 17.4 Å². The van der Waals surface area contributed by atoms with E-state index in [1.807, 2.05) is 0 Å². The Morgan fingerprint density at radius 2 is 2.12 bits per heavy atom. The van der Waals surface area contributed by atoms with Crippen molar-refractivity contribution in [3.8, 4) is 0 Å². The normalized spacial score (nSPS) is 10.3. The quantitative estimate of drug-likeness (QED) is 0.700. The minimum absolute atomic E-state index is 0.191. The van der Waals surface area contributed by atoms with Gasteiger partial charge in [0.15, 0.2) is 0 Å². The number of rotatable bonds is 2. The van der Waals surface area contributed by atoms with Gasteiger partial charge in [-0.1, -0.05) is 0 Å². The minimum atomic E-state index is -0.267. The van der Waals surface area contributed by atoms with Crippen LogP contribution in [0.2, 0.25) is 0 Å². The maximum Gasteiger partial charge on any atom is 0.202 e. The third kappa shape index (κ3) is 1.50. The SMILES string of the molecule is Cn1ncc(C(=O)c2cccnc2N)c1N. The molecule has 0 bridgehead atoms. The van der Waals surface area contributed by atoms with Gasteiger partial charge in [-0.05, 0) is 12.1 Å². The zero-order valence-electron chi connectivity index (χ0n) is 8.71. The highest BCUT2D eigenvalue weighted by Crippen LogP contribution is 2.18. The predicted octanol–water partition coefficient (Wildman–Crippen LogP) is 0.211. The zero-order valence-corrected chi connectivity index (χ0v) is 8.71. The number of pyridine rings is 1. The van der Waals surface area contributed by atoms with Gasteiger partial charge in [0, 0.05) is 13.2 Å². The number of carbonyl (C=O) groups excluding carboxylic acids is 1. The fourth-order valence-corrected chi connectivity index (χ4v) is 1.38. The maximum atomic E-state index is 12.0. The third-order valence-corrected chi connectivity index (χ3v) is 2.31. The average Bonchev–Trinajstić information content (AvgIpc) is 2.60. The Morgan fingerprint density at radius 1 is 1.38 bits per heavy atom. The van der Waals surface area contributed by atoms with Crippen LogP contribution in [0.3, 0.4) is 0 Å². The Morgan fingerprint density at radius 3 is 2.69 bits per heavy atom. The van der Waals surface area contributed by atoms with Crippen molar-refractivity contribution in [2.24, 2.45) is 7.05 Å². The lowest BCUT2D eigenvalue weighted by Crippen LogP contribution is -2.09. The van der Waals surface area contributed by atoms with E-state index in [4.69, 9.17) is 11.5 Å². The monoisotopic (exact) mass is 217 g/mol. The predicted molar refractivity (Wildman–Crippen MR) is 59.7 cm³/mol. The van der Waals surface area contributed by atoms with Gasteiger partial charge in [-0.3, -0.25) is 9.48 Å². The first kappa shape index (κ1) is 10.2. The number of aromatic nitrogens is 3. The van der Waals surface area contributed by atoms with Crippen LogP contribution in [0.4, 0.5) is 11.6 Å². The smallest absolute Gasteiger partial charge is 0.202 e. The molecular formula is C10H11N5O. The maximum absolute atomic E-state index is 12.0. The van der Waals surface area contributed by atoms with Crippen molar-refractivity contribution < 1.29 is 4.79 Å². The molecule has 6 nitrogen and oxygen atoms in total. The number of nitrogen functional groups attached to an aromatic ring is 2. The summed E-state index contributed by atoms with van der Waals surface area (Å²) in [6.45, 7) is 0. The fraction of sp³-hybridized carbons (Fsp3) is 0.100. The van der Waals surface area contributed by atoms with Crippen LogP contribution >= 0.6 is 0 Å². The van der Waals surface area contributed by atoms with Crippen LogP contribution in [0.1, 0.15) is 15.9 Å². The molecule has 0 radical (unpaired) electrons. The van der Waals surface area contributed by atoms with Gasteiger partial charge in [-0.2, -0.15) is 5.10 Å². The zero-order chi connectivity index (χ0) is 11.7. The molecule has 0 fully saturated rings. The molecule has 0 aliphatic carbocycles. The van der Waals surface area contributed by atoms with Crippen molar-refractivity contribution in [1.82, 2.24) is 14.8 Å². The standard InChI is InChI=1S/C10H11N5O/c1-15-10(12)7(5-14-15)8(16)6-3-2-4-13-9(6)11/h2-5H,12H2,1H3,(H2,11,13). The number of nitrogens with two attached hydrogens (primary N) is 2.